The van der Waals surface area contributed by atoms with Gasteiger partial charge in [0.2, 0.25) is 5.91 Å². The number of hydrogen-bond acceptors (Lipinski definition) is 7. The van der Waals surface area contributed by atoms with Crippen LogP contribution >= 0.6 is 11.3 Å². The minimum absolute atomic E-state index is 0.0288. The number of amides is 4. The number of anilines is 1. The smallest absolute Gasteiger partial charge is 0.321 e. The molecule has 33 heavy (non-hydrogen) atoms. The lowest BCUT2D eigenvalue weighted by atomic mass is 10.0. The van der Waals surface area contributed by atoms with Crippen molar-refractivity contribution in [3.05, 3.63) is 47.0 Å². The van der Waals surface area contributed by atoms with E-state index in [0.29, 0.717) is 6.54 Å². The summed E-state index contributed by atoms with van der Waals surface area (Å²) in [7, 11) is 0. The van der Waals surface area contributed by atoms with Gasteiger partial charge in [-0.1, -0.05) is 43.7 Å². The molecule has 0 spiro atoms. The first-order valence-electron chi connectivity index (χ1n) is 10.7. The molecule has 4 amide bonds. The minimum Gasteiger partial charge on any atom is -0.466 e. The normalized spacial score (nSPS) is 11.2. The maximum atomic E-state index is 12.4. The summed E-state index contributed by atoms with van der Waals surface area (Å²) in [5.74, 6) is -1.45. The second-order valence-electron chi connectivity index (χ2n) is 6.99. The number of urea groups is 1. The third-order valence-corrected chi connectivity index (χ3v) is 5.15. The summed E-state index contributed by atoms with van der Waals surface area (Å²) < 4.78 is 4.99. The van der Waals surface area contributed by atoms with Gasteiger partial charge in [-0.3, -0.25) is 19.7 Å². The number of rotatable bonds is 12. The SMILES string of the molecule is CCCCNC(=O)Nc1nc(C(=O)NCC(=O)NC(CC(=O)OCC)c2ccccc2)cs1. The van der Waals surface area contributed by atoms with Gasteiger partial charge in [0, 0.05) is 11.9 Å². The highest BCUT2D eigenvalue weighted by atomic mass is 32.1. The lowest BCUT2D eigenvalue weighted by Gasteiger charge is -2.18. The van der Waals surface area contributed by atoms with E-state index >= 15 is 0 Å². The number of hydrogen-bond donors (Lipinski definition) is 4. The monoisotopic (exact) mass is 475 g/mol. The molecule has 2 rings (SSSR count). The molecule has 10 nitrogen and oxygen atoms in total. The first kappa shape index (κ1) is 25.8. The summed E-state index contributed by atoms with van der Waals surface area (Å²) >= 11 is 1.10. The molecule has 178 valence electrons. The number of benzene rings is 1. The molecule has 0 bridgehead atoms. The van der Waals surface area contributed by atoms with Gasteiger partial charge in [-0.05, 0) is 18.9 Å². The van der Waals surface area contributed by atoms with Crippen molar-refractivity contribution in [1.82, 2.24) is 20.9 Å². The molecule has 0 aliphatic heterocycles. The molecule has 1 heterocycles. The van der Waals surface area contributed by atoms with E-state index in [0.717, 1.165) is 29.7 Å². The van der Waals surface area contributed by atoms with Crippen LogP contribution in [0.25, 0.3) is 0 Å². The van der Waals surface area contributed by atoms with Crippen molar-refractivity contribution in [1.29, 1.82) is 0 Å². The second kappa shape index (κ2) is 13.8. The Balaban J connectivity index is 1.87. The van der Waals surface area contributed by atoms with Crippen molar-refractivity contribution in [3.63, 3.8) is 0 Å². The van der Waals surface area contributed by atoms with E-state index < -0.39 is 29.9 Å². The van der Waals surface area contributed by atoms with Crippen molar-refractivity contribution in [2.75, 3.05) is 25.0 Å². The van der Waals surface area contributed by atoms with Gasteiger partial charge in [0.05, 0.1) is 25.6 Å². The number of carbonyl (C=O) groups excluding carboxylic acids is 4. The summed E-state index contributed by atoms with van der Waals surface area (Å²) in [6.45, 7) is 4.23. The Kier molecular flexibility index (Phi) is 10.8. The largest absolute Gasteiger partial charge is 0.466 e. The van der Waals surface area contributed by atoms with Crippen molar-refractivity contribution in [2.24, 2.45) is 0 Å². The molecule has 0 aliphatic rings. The second-order valence-corrected chi connectivity index (χ2v) is 7.85. The van der Waals surface area contributed by atoms with Crippen LogP contribution in [-0.4, -0.2) is 48.5 Å². The zero-order chi connectivity index (χ0) is 24.1. The molecule has 4 N–H and O–H groups in total. The lowest BCUT2D eigenvalue weighted by molar-refractivity contribution is -0.143. The maximum absolute atomic E-state index is 12.4. The van der Waals surface area contributed by atoms with Crippen molar-refractivity contribution < 1.29 is 23.9 Å². The highest BCUT2D eigenvalue weighted by Crippen LogP contribution is 2.17. The Morgan fingerprint density at radius 3 is 2.55 bits per heavy atom. The maximum Gasteiger partial charge on any atom is 0.321 e. The van der Waals surface area contributed by atoms with Crippen molar-refractivity contribution in [2.45, 2.75) is 39.2 Å². The molecule has 1 aromatic carbocycles. The van der Waals surface area contributed by atoms with Crippen LogP contribution < -0.4 is 21.3 Å². The molecule has 0 radical (unpaired) electrons. The van der Waals surface area contributed by atoms with E-state index in [4.69, 9.17) is 4.74 Å². The summed E-state index contributed by atoms with van der Waals surface area (Å²) in [6.07, 6.45) is 1.80. The quantitative estimate of drug-likeness (QED) is 0.275. The Morgan fingerprint density at radius 2 is 1.85 bits per heavy atom. The van der Waals surface area contributed by atoms with Crippen LogP contribution in [0.4, 0.5) is 9.93 Å². The van der Waals surface area contributed by atoms with Crippen LogP contribution in [0.1, 0.15) is 55.2 Å². The van der Waals surface area contributed by atoms with Gasteiger partial charge in [-0.25, -0.2) is 9.78 Å². The molecule has 0 fully saturated rings. The standard InChI is InChI=1S/C22H29N5O5S/c1-3-5-11-23-21(31)27-22-26-17(14-33-22)20(30)24-13-18(28)25-16(12-19(29)32-4-2)15-9-7-6-8-10-15/h6-10,14,16H,3-5,11-13H2,1-2H3,(H,24,30)(H,25,28)(H2,23,26,27,31). The highest BCUT2D eigenvalue weighted by molar-refractivity contribution is 7.14. The summed E-state index contributed by atoms with van der Waals surface area (Å²) in [5.41, 5.74) is 0.834. The van der Waals surface area contributed by atoms with Crippen LogP contribution in [0.5, 0.6) is 0 Å². The summed E-state index contributed by atoms with van der Waals surface area (Å²) in [4.78, 5) is 52.5. The summed E-state index contributed by atoms with van der Waals surface area (Å²) in [6, 6.07) is 8.06. The van der Waals surface area contributed by atoms with Crippen LogP contribution in [-0.2, 0) is 14.3 Å². The average molecular weight is 476 g/mol. The Labute approximate surface area is 196 Å². The number of ether oxygens (including phenoxy) is 1. The van der Waals surface area contributed by atoms with E-state index in [9.17, 15) is 19.2 Å². The van der Waals surface area contributed by atoms with E-state index in [-0.39, 0.29) is 30.4 Å². The van der Waals surface area contributed by atoms with Gasteiger partial charge in [-0.2, -0.15) is 0 Å². The van der Waals surface area contributed by atoms with Crippen LogP contribution in [0.3, 0.4) is 0 Å². The lowest BCUT2D eigenvalue weighted by Crippen LogP contribution is -2.39. The van der Waals surface area contributed by atoms with Crippen LogP contribution in [0.15, 0.2) is 35.7 Å². The fourth-order valence-corrected chi connectivity index (χ4v) is 3.46. The third kappa shape index (κ3) is 9.27. The molecule has 1 atom stereocenters. The van der Waals surface area contributed by atoms with Gasteiger partial charge in [0.15, 0.2) is 5.13 Å². The molecule has 2 aromatic rings. The van der Waals surface area contributed by atoms with E-state index in [1.165, 1.54) is 5.38 Å². The van der Waals surface area contributed by atoms with Crippen molar-refractivity contribution in [3.8, 4) is 0 Å². The molecule has 0 saturated carbocycles. The Morgan fingerprint density at radius 1 is 1.09 bits per heavy atom. The van der Waals surface area contributed by atoms with Gasteiger partial charge in [0.1, 0.15) is 5.69 Å². The zero-order valence-electron chi connectivity index (χ0n) is 18.7. The molecule has 11 heteroatoms. The third-order valence-electron chi connectivity index (χ3n) is 4.40. The fraction of sp³-hybridized carbons (Fsp3) is 0.409. The van der Waals surface area contributed by atoms with Gasteiger partial charge < -0.3 is 20.7 Å². The number of nitrogens with zero attached hydrogens (tertiary/aromatic N) is 1. The van der Waals surface area contributed by atoms with Gasteiger partial charge >= 0.3 is 12.0 Å². The van der Waals surface area contributed by atoms with Gasteiger partial charge in [0.25, 0.3) is 5.91 Å². The van der Waals surface area contributed by atoms with Gasteiger partial charge in [-0.15, -0.1) is 11.3 Å². The first-order valence-corrected chi connectivity index (χ1v) is 11.6. The predicted octanol–water partition coefficient (Wildman–Crippen LogP) is 2.61. The number of carbonyl (C=O) groups is 4. The molecule has 0 aliphatic carbocycles. The summed E-state index contributed by atoms with van der Waals surface area (Å²) in [5, 5.41) is 12.3. The number of unbranched alkanes of at least 4 members (excludes halogenated alkanes) is 1. The average Bonchev–Trinajstić information content (AvgIpc) is 3.26. The molecular formula is C22H29N5O5S. The predicted molar refractivity (Wildman–Crippen MR) is 125 cm³/mol. The van der Waals surface area contributed by atoms with Crippen LogP contribution in [0, 0.1) is 0 Å². The number of esters is 1. The van der Waals surface area contributed by atoms with Crippen LogP contribution in [0.2, 0.25) is 0 Å². The topological polar surface area (TPSA) is 139 Å². The number of thiazole rings is 1. The number of aromatic nitrogens is 1. The molecule has 0 saturated heterocycles. The Hall–Kier alpha value is -3.47. The zero-order valence-corrected chi connectivity index (χ0v) is 19.5. The molecular weight excluding hydrogens is 446 g/mol. The molecule has 1 aromatic heterocycles. The minimum atomic E-state index is -0.587. The number of nitrogens with one attached hydrogen (secondary N) is 4. The highest BCUT2D eigenvalue weighted by Gasteiger charge is 2.20. The van der Waals surface area contributed by atoms with E-state index in [2.05, 4.69) is 26.3 Å². The van der Waals surface area contributed by atoms with E-state index in [1.807, 2.05) is 13.0 Å². The Bertz CT molecular complexity index is 934. The molecule has 1 unspecified atom stereocenters. The first-order chi connectivity index (χ1) is 15.9. The van der Waals surface area contributed by atoms with Crippen molar-refractivity contribution >= 4 is 40.3 Å². The fourth-order valence-electron chi connectivity index (χ4n) is 2.78. The van der Waals surface area contributed by atoms with E-state index in [1.54, 1.807) is 31.2 Å².